The summed E-state index contributed by atoms with van der Waals surface area (Å²) in [4.78, 5) is 38.1. The molecule has 1 aromatic carbocycles. The summed E-state index contributed by atoms with van der Waals surface area (Å²) in [6.07, 6.45) is 2.64. The van der Waals surface area contributed by atoms with Crippen molar-refractivity contribution in [2.75, 3.05) is 6.61 Å². The molecule has 1 aromatic heterocycles. The minimum atomic E-state index is -1.06. The first-order valence-corrected chi connectivity index (χ1v) is 10.5. The number of carbonyl (C=O) groups is 3. The van der Waals surface area contributed by atoms with E-state index in [1.807, 2.05) is 30.3 Å². The Balaban J connectivity index is 1.56. The Morgan fingerprint density at radius 3 is 2.72 bits per heavy atom. The molecule has 4 rings (SSSR count). The van der Waals surface area contributed by atoms with E-state index in [2.05, 4.69) is 11.9 Å². The fourth-order valence-corrected chi connectivity index (χ4v) is 4.23. The van der Waals surface area contributed by atoms with Gasteiger partial charge in [0.2, 0.25) is 6.29 Å². The molecule has 168 valence electrons. The molecule has 2 aliphatic heterocycles. The molecule has 0 spiro atoms. The lowest BCUT2D eigenvalue weighted by Crippen LogP contribution is -2.50. The number of Topliss-reactive ketones (excluding diaryl/α,β-unsaturated/α-hetero) is 1. The van der Waals surface area contributed by atoms with Crippen molar-refractivity contribution >= 4 is 17.7 Å². The Morgan fingerprint density at radius 1 is 1.19 bits per heavy atom. The van der Waals surface area contributed by atoms with Crippen molar-refractivity contribution in [3.8, 4) is 0 Å². The molecule has 2 saturated heterocycles. The van der Waals surface area contributed by atoms with Crippen molar-refractivity contribution in [1.82, 2.24) is 5.32 Å². The molecule has 32 heavy (non-hydrogen) atoms. The minimum Gasteiger partial charge on any atom is -0.468 e. The van der Waals surface area contributed by atoms with Crippen LogP contribution in [0.2, 0.25) is 0 Å². The van der Waals surface area contributed by atoms with E-state index in [1.165, 1.54) is 6.26 Å². The monoisotopic (exact) mass is 439 g/mol. The maximum Gasteiger partial charge on any atom is 0.324 e. The smallest absolute Gasteiger partial charge is 0.324 e. The van der Waals surface area contributed by atoms with Gasteiger partial charge in [-0.2, -0.15) is 0 Å². The normalized spacial score (nSPS) is 26.9. The highest BCUT2D eigenvalue weighted by atomic mass is 16.7. The van der Waals surface area contributed by atoms with Crippen LogP contribution in [0.1, 0.15) is 30.2 Å². The molecule has 3 heterocycles. The lowest BCUT2D eigenvalue weighted by Gasteiger charge is -2.34. The van der Waals surface area contributed by atoms with Crippen molar-refractivity contribution < 1.29 is 33.0 Å². The summed E-state index contributed by atoms with van der Waals surface area (Å²) in [6.45, 7) is 3.46. The molecule has 1 N–H and O–H groups in total. The zero-order chi connectivity index (χ0) is 22.5. The Morgan fingerprint density at radius 2 is 2.00 bits per heavy atom. The predicted octanol–water partition coefficient (Wildman–Crippen LogP) is 2.70. The molecule has 0 radical (unpaired) electrons. The van der Waals surface area contributed by atoms with Crippen LogP contribution in [0.25, 0.3) is 0 Å². The quantitative estimate of drug-likeness (QED) is 0.495. The number of allylic oxidation sites excluding steroid dienone is 1. The van der Waals surface area contributed by atoms with E-state index in [4.69, 9.17) is 18.6 Å². The lowest BCUT2D eigenvalue weighted by atomic mass is 9.81. The van der Waals surface area contributed by atoms with Crippen LogP contribution in [-0.4, -0.2) is 36.7 Å². The van der Waals surface area contributed by atoms with Gasteiger partial charge in [0.05, 0.1) is 24.1 Å². The summed E-state index contributed by atoms with van der Waals surface area (Å²) in [6, 6.07) is 11.2. The van der Waals surface area contributed by atoms with E-state index in [0.29, 0.717) is 12.2 Å². The van der Waals surface area contributed by atoms with Crippen LogP contribution >= 0.6 is 0 Å². The molecule has 0 bridgehead atoms. The topological polar surface area (TPSA) is 104 Å². The van der Waals surface area contributed by atoms with Crippen LogP contribution in [0.5, 0.6) is 0 Å². The highest BCUT2D eigenvalue weighted by molar-refractivity contribution is 5.87. The number of nitrogens with one attached hydrogen (secondary N) is 1. The molecule has 0 amide bonds. The third-order valence-electron chi connectivity index (χ3n) is 5.72. The molecule has 8 nitrogen and oxygen atoms in total. The number of hydrogen-bond acceptors (Lipinski definition) is 8. The number of carbonyl (C=O) groups excluding carboxylic acids is 3. The standard InChI is InChI=1S/C24H25NO7/c1-2-3-11-18(27)32-24-20-19(16(26)14-31-24)21(17-10-7-12-29-17)25-22(20)23(28)30-13-15-8-5-4-6-9-15/h2,4-10,12,19-22,24-25H,1,3,11,13-14H2/t19-,20+,21-,22-,24+/m0/s1. The van der Waals surface area contributed by atoms with Gasteiger partial charge in [-0.25, -0.2) is 0 Å². The number of hydrogen-bond donors (Lipinski definition) is 1. The molecular formula is C24H25NO7. The second-order valence-electron chi connectivity index (χ2n) is 7.80. The van der Waals surface area contributed by atoms with E-state index in [-0.39, 0.29) is 25.4 Å². The number of benzene rings is 1. The van der Waals surface area contributed by atoms with Crippen LogP contribution in [0, 0.1) is 11.8 Å². The van der Waals surface area contributed by atoms with Crippen molar-refractivity contribution in [2.24, 2.45) is 11.8 Å². The van der Waals surface area contributed by atoms with E-state index >= 15 is 0 Å². The molecule has 0 saturated carbocycles. The first-order valence-electron chi connectivity index (χ1n) is 10.5. The fraction of sp³-hybridized carbons (Fsp3) is 0.375. The zero-order valence-corrected chi connectivity index (χ0v) is 17.5. The lowest BCUT2D eigenvalue weighted by molar-refractivity contribution is -0.211. The molecule has 5 atom stereocenters. The molecule has 0 unspecified atom stereocenters. The largest absolute Gasteiger partial charge is 0.468 e. The van der Waals surface area contributed by atoms with Gasteiger partial charge in [-0.3, -0.25) is 19.7 Å². The molecular weight excluding hydrogens is 414 g/mol. The van der Waals surface area contributed by atoms with Gasteiger partial charge in [0.25, 0.3) is 0 Å². The van der Waals surface area contributed by atoms with Gasteiger partial charge in [-0.15, -0.1) is 6.58 Å². The van der Waals surface area contributed by atoms with Gasteiger partial charge < -0.3 is 18.6 Å². The average molecular weight is 439 g/mol. The summed E-state index contributed by atoms with van der Waals surface area (Å²) >= 11 is 0. The summed E-state index contributed by atoms with van der Waals surface area (Å²) in [5, 5.41) is 3.17. The summed E-state index contributed by atoms with van der Waals surface area (Å²) < 4.78 is 22.1. The van der Waals surface area contributed by atoms with Crippen LogP contribution in [0.15, 0.2) is 65.8 Å². The average Bonchev–Trinajstić information content (AvgIpc) is 3.47. The Bertz CT molecular complexity index is 956. The van der Waals surface area contributed by atoms with Crippen LogP contribution < -0.4 is 5.32 Å². The first-order chi connectivity index (χ1) is 15.6. The molecule has 2 aliphatic rings. The highest BCUT2D eigenvalue weighted by Gasteiger charge is 2.58. The van der Waals surface area contributed by atoms with E-state index in [1.54, 1.807) is 18.2 Å². The number of furan rings is 1. The maximum atomic E-state index is 13.1. The highest BCUT2D eigenvalue weighted by Crippen LogP contribution is 2.44. The Labute approximate surface area is 185 Å². The number of esters is 2. The molecule has 8 heteroatoms. The van der Waals surface area contributed by atoms with Gasteiger partial charge in [0.1, 0.15) is 25.0 Å². The van der Waals surface area contributed by atoms with Gasteiger partial charge in [-0.1, -0.05) is 36.4 Å². The summed E-state index contributed by atoms with van der Waals surface area (Å²) in [5.41, 5.74) is 0.835. The van der Waals surface area contributed by atoms with Gasteiger partial charge in [0, 0.05) is 6.42 Å². The third-order valence-corrected chi connectivity index (χ3v) is 5.72. The second kappa shape index (κ2) is 9.93. The zero-order valence-electron chi connectivity index (χ0n) is 17.5. The molecule has 2 aromatic rings. The number of ketones is 1. The van der Waals surface area contributed by atoms with Crippen molar-refractivity contribution in [3.05, 3.63) is 72.7 Å². The van der Waals surface area contributed by atoms with E-state index < -0.39 is 42.1 Å². The van der Waals surface area contributed by atoms with Gasteiger partial charge in [-0.05, 0) is 24.1 Å². The van der Waals surface area contributed by atoms with E-state index in [0.717, 1.165) is 5.56 Å². The molecule has 2 fully saturated rings. The van der Waals surface area contributed by atoms with Gasteiger partial charge >= 0.3 is 11.9 Å². The number of ether oxygens (including phenoxy) is 3. The predicted molar refractivity (Wildman–Crippen MR) is 112 cm³/mol. The van der Waals surface area contributed by atoms with Crippen LogP contribution in [-0.2, 0) is 35.2 Å². The first kappa shape index (κ1) is 22.0. The minimum absolute atomic E-state index is 0.0826. The van der Waals surface area contributed by atoms with Crippen molar-refractivity contribution in [2.45, 2.75) is 37.8 Å². The fourth-order valence-electron chi connectivity index (χ4n) is 4.23. The summed E-state index contributed by atoms with van der Waals surface area (Å²) in [7, 11) is 0. The number of fused-ring (bicyclic) bond motifs is 1. The second-order valence-corrected chi connectivity index (χ2v) is 7.80. The maximum absolute atomic E-state index is 13.1. The number of rotatable bonds is 8. The van der Waals surface area contributed by atoms with Crippen molar-refractivity contribution in [3.63, 3.8) is 0 Å². The Kier molecular flexibility index (Phi) is 6.82. The van der Waals surface area contributed by atoms with Crippen LogP contribution in [0.4, 0.5) is 0 Å². The third kappa shape index (κ3) is 4.66. The SMILES string of the molecule is C=CCCC(=O)O[C@H]1OCC(=O)[C@H]2[C@@H]1[C@@H](C(=O)OCc1ccccc1)N[C@H]2c1ccco1. The molecule has 0 aliphatic carbocycles. The summed E-state index contributed by atoms with van der Waals surface area (Å²) in [5.74, 6) is -2.13. The van der Waals surface area contributed by atoms with Crippen molar-refractivity contribution in [1.29, 1.82) is 0 Å². The Hall–Kier alpha value is -3.23. The van der Waals surface area contributed by atoms with Crippen LogP contribution in [0.3, 0.4) is 0 Å². The van der Waals surface area contributed by atoms with Gasteiger partial charge in [0.15, 0.2) is 5.78 Å². The van der Waals surface area contributed by atoms with E-state index in [9.17, 15) is 14.4 Å².